The Hall–Kier alpha value is -0.950. The zero-order valence-electron chi connectivity index (χ0n) is 11.7. The molecule has 0 bridgehead atoms. The van der Waals surface area contributed by atoms with Crippen molar-refractivity contribution in [2.24, 2.45) is 5.84 Å². The number of rotatable bonds is 5. The number of hydrazine groups is 1. The first-order valence-electron chi connectivity index (χ1n) is 6.27. The van der Waals surface area contributed by atoms with Gasteiger partial charge >= 0.3 is 0 Å². The molecule has 2 rings (SSSR count). The fraction of sp³-hybridized carbons (Fsp3) is 0.357. The molecule has 6 heteroatoms. The third kappa shape index (κ3) is 3.38. The molecule has 108 valence electrons. The van der Waals surface area contributed by atoms with Crippen molar-refractivity contribution >= 4 is 27.3 Å². The maximum atomic E-state index is 5.72. The van der Waals surface area contributed by atoms with Crippen LogP contribution in [0.2, 0.25) is 0 Å². The summed E-state index contributed by atoms with van der Waals surface area (Å²) in [5.41, 5.74) is 5.02. The monoisotopic (exact) mass is 355 g/mol. The second-order valence-electron chi connectivity index (χ2n) is 4.56. The Labute approximate surface area is 131 Å². The smallest absolute Gasteiger partial charge is 0.119 e. The third-order valence-corrected chi connectivity index (χ3v) is 5.05. The summed E-state index contributed by atoms with van der Waals surface area (Å²) in [6, 6.07) is 5.86. The molecule has 0 amide bonds. The van der Waals surface area contributed by atoms with Gasteiger partial charge in [-0.05, 0) is 37.6 Å². The molecule has 0 radical (unpaired) electrons. The van der Waals surface area contributed by atoms with Gasteiger partial charge < -0.3 is 4.74 Å². The highest BCUT2D eigenvalue weighted by atomic mass is 79.9. The molecule has 20 heavy (non-hydrogen) atoms. The number of nitrogens with two attached hydrogens (primary N) is 1. The van der Waals surface area contributed by atoms with E-state index in [2.05, 4.69) is 33.3 Å². The van der Waals surface area contributed by atoms with Crippen LogP contribution < -0.4 is 16.0 Å². The number of halogens is 1. The van der Waals surface area contributed by atoms with Gasteiger partial charge in [-0.2, -0.15) is 0 Å². The Morgan fingerprint density at radius 3 is 2.75 bits per heavy atom. The Kier molecular flexibility index (Phi) is 5.15. The first kappa shape index (κ1) is 15.4. The SMILES string of the molecule is COc1ccc(Br)c(C(Cc2nc(C)c(C)s2)NN)c1. The maximum Gasteiger partial charge on any atom is 0.119 e. The van der Waals surface area contributed by atoms with Gasteiger partial charge in [0.1, 0.15) is 5.75 Å². The van der Waals surface area contributed by atoms with Gasteiger partial charge in [-0.25, -0.2) is 4.98 Å². The Bertz CT molecular complexity index is 581. The summed E-state index contributed by atoms with van der Waals surface area (Å²) in [6.45, 7) is 4.12. The molecule has 0 aliphatic carbocycles. The van der Waals surface area contributed by atoms with Crippen LogP contribution in [0.1, 0.15) is 27.2 Å². The quantitative estimate of drug-likeness (QED) is 0.638. The van der Waals surface area contributed by atoms with Gasteiger partial charge in [0.25, 0.3) is 0 Å². The van der Waals surface area contributed by atoms with E-state index >= 15 is 0 Å². The largest absolute Gasteiger partial charge is 0.497 e. The molecule has 1 atom stereocenters. The summed E-state index contributed by atoms with van der Waals surface area (Å²) < 4.78 is 6.28. The van der Waals surface area contributed by atoms with Gasteiger partial charge in [0.15, 0.2) is 0 Å². The maximum absolute atomic E-state index is 5.72. The van der Waals surface area contributed by atoms with Gasteiger partial charge in [-0.1, -0.05) is 15.9 Å². The highest BCUT2D eigenvalue weighted by Crippen LogP contribution is 2.30. The van der Waals surface area contributed by atoms with Crippen LogP contribution in [-0.2, 0) is 6.42 Å². The van der Waals surface area contributed by atoms with Crippen molar-refractivity contribution in [3.05, 3.63) is 43.8 Å². The second kappa shape index (κ2) is 6.67. The van der Waals surface area contributed by atoms with E-state index in [0.29, 0.717) is 0 Å². The molecule has 1 aromatic carbocycles. The molecule has 0 spiro atoms. The van der Waals surface area contributed by atoms with Crippen LogP contribution in [0.25, 0.3) is 0 Å². The van der Waals surface area contributed by atoms with Crippen LogP contribution in [0.15, 0.2) is 22.7 Å². The highest BCUT2D eigenvalue weighted by Gasteiger charge is 2.17. The Morgan fingerprint density at radius 2 is 2.20 bits per heavy atom. The number of benzene rings is 1. The Balaban J connectivity index is 2.27. The lowest BCUT2D eigenvalue weighted by Gasteiger charge is -2.17. The van der Waals surface area contributed by atoms with Gasteiger partial charge in [0.05, 0.1) is 23.9 Å². The fourth-order valence-electron chi connectivity index (χ4n) is 1.98. The minimum absolute atomic E-state index is 0.00979. The summed E-state index contributed by atoms with van der Waals surface area (Å²) in [7, 11) is 1.66. The lowest BCUT2D eigenvalue weighted by Crippen LogP contribution is -2.29. The van der Waals surface area contributed by atoms with Crippen molar-refractivity contribution in [1.82, 2.24) is 10.4 Å². The number of aryl methyl sites for hydroxylation is 2. The van der Waals surface area contributed by atoms with E-state index in [1.807, 2.05) is 25.1 Å². The fourth-order valence-corrected chi connectivity index (χ4v) is 3.48. The Morgan fingerprint density at radius 1 is 1.45 bits per heavy atom. The molecule has 3 N–H and O–H groups in total. The average molecular weight is 356 g/mol. The first-order valence-corrected chi connectivity index (χ1v) is 7.88. The van der Waals surface area contributed by atoms with Gasteiger partial charge in [0.2, 0.25) is 0 Å². The molecular weight excluding hydrogens is 338 g/mol. The summed E-state index contributed by atoms with van der Waals surface area (Å²) >= 11 is 5.28. The van der Waals surface area contributed by atoms with Crippen LogP contribution in [0.4, 0.5) is 0 Å². The number of hydrogen-bond acceptors (Lipinski definition) is 5. The molecule has 0 saturated carbocycles. The zero-order valence-corrected chi connectivity index (χ0v) is 14.1. The van der Waals surface area contributed by atoms with E-state index < -0.39 is 0 Å². The zero-order chi connectivity index (χ0) is 14.7. The number of thiazole rings is 1. The predicted molar refractivity (Wildman–Crippen MR) is 86.1 cm³/mol. The van der Waals surface area contributed by atoms with Crippen molar-refractivity contribution < 1.29 is 4.74 Å². The lowest BCUT2D eigenvalue weighted by molar-refractivity contribution is 0.412. The minimum atomic E-state index is -0.00979. The van der Waals surface area contributed by atoms with E-state index in [9.17, 15) is 0 Å². The molecule has 0 saturated heterocycles. The number of aromatic nitrogens is 1. The predicted octanol–water partition coefficient (Wildman–Crippen LogP) is 3.28. The molecule has 1 unspecified atom stereocenters. The number of nitrogens with zero attached hydrogens (tertiary/aromatic N) is 1. The van der Waals surface area contributed by atoms with Crippen molar-refractivity contribution in [3.63, 3.8) is 0 Å². The van der Waals surface area contributed by atoms with E-state index in [1.54, 1.807) is 18.4 Å². The molecule has 0 aliphatic heterocycles. The molecule has 0 aliphatic rings. The van der Waals surface area contributed by atoms with E-state index in [4.69, 9.17) is 10.6 Å². The summed E-state index contributed by atoms with van der Waals surface area (Å²) in [6.07, 6.45) is 0.752. The summed E-state index contributed by atoms with van der Waals surface area (Å²) in [5, 5.41) is 1.08. The van der Waals surface area contributed by atoms with Crippen LogP contribution in [0.5, 0.6) is 5.75 Å². The van der Waals surface area contributed by atoms with Crippen LogP contribution >= 0.6 is 27.3 Å². The minimum Gasteiger partial charge on any atom is -0.497 e. The van der Waals surface area contributed by atoms with E-state index in [1.165, 1.54) is 4.88 Å². The van der Waals surface area contributed by atoms with Crippen molar-refractivity contribution in [2.45, 2.75) is 26.3 Å². The number of nitrogens with one attached hydrogen (secondary N) is 1. The first-order chi connectivity index (χ1) is 9.55. The average Bonchev–Trinajstić information content (AvgIpc) is 2.76. The molecule has 0 fully saturated rings. The summed E-state index contributed by atoms with van der Waals surface area (Å²) in [5.74, 6) is 6.54. The lowest BCUT2D eigenvalue weighted by atomic mass is 10.0. The van der Waals surface area contributed by atoms with Gasteiger partial charge in [-0.15, -0.1) is 11.3 Å². The normalized spacial score (nSPS) is 12.4. The molecule has 1 aromatic heterocycles. The molecule has 4 nitrogen and oxygen atoms in total. The van der Waals surface area contributed by atoms with Crippen LogP contribution in [0, 0.1) is 13.8 Å². The van der Waals surface area contributed by atoms with Gasteiger partial charge in [0, 0.05) is 15.8 Å². The standard InChI is InChI=1S/C14H18BrN3OS/c1-8-9(2)20-14(17-8)7-13(18-16)11-6-10(19-3)4-5-12(11)15/h4-6,13,18H,7,16H2,1-3H3. The molecule has 2 aromatic rings. The van der Waals surface area contributed by atoms with E-state index in [-0.39, 0.29) is 6.04 Å². The van der Waals surface area contributed by atoms with Crippen molar-refractivity contribution in [1.29, 1.82) is 0 Å². The number of ether oxygens (including phenoxy) is 1. The number of methoxy groups -OCH3 is 1. The van der Waals surface area contributed by atoms with Crippen LogP contribution in [-0.4, -0.2) is 12.1 Å². The highest BCUT2D eigenvalue weighted by molar-refractivity contribution is 9.10. The topological polar surface area (TPSA) is 60.2 Å². The van der Waals surface area contributed by atoms with E-state index in [0.717, 1.165) is 32.9 Å². The van der Waals surface area contributed by atoms with Crippen molar-refractivity contribution in [3.8, 4) is 5.75 Å². The molecular formula is C14H18BrN3OS. The second-order valence-corrected chi connectivity index (χ2v) is 6.70. The number of hydrogen-bond donors (Lipinski definition) is 2. The van der Waals surface area contributed by atoms with Gasteiger partial charge in [-0.3, -0.25) is 11.3 Å². The van der Waals surface area contributed by atoms with Crippen molar-refractivity contribution in [2.75, 3.05) is 7.11 Å². The third-order valence-electron chi connectivity index (χ3n) is 3.23. The summed E-state index contributed by atoms with van der Waals surface area (Å²) in [4.78, 5) is 5.82. The molecule has 1 heterocycles. The van der Waals surface area contributed by atoms with Crippen LogP contribution in [0.3, 0.4) is 0 Å².